The Bertz CT molecular complexity index is 89.1. The average molecular weight is 152 g/mol. The first-order chi connectivity index (χ1) is 4.24. The number of hydrogen-bond acceptors (Lipinski definition) is 1. The molecular formula is C6H10F2S. The number of alkyl halides is 2. The van der Waals surface area contributed by atoms with Crippen LogP contribution in [0.5, 0.6) is 0 Å². The van der Waals surface area contributed by atoms with E-state index in [1.165, 1.54) is 0 Å². The molecule has 1 saturated carbocycles. The zero-order valence-corrected chi connectivity index (χ0v) is 6.13. The fraction of sp³-hybridized carbons (Fsp3) is 1.00. The molecule has 0 bridgehead atoms. The number of thioether (sulfide) groups is 1. The van der Waals surface area contributed by atoms with Crippen LogP contribution >= 0.6 is 11.8 Å². The first-order valence-electron chi connectivity index (χ1n) is 3.05. The number of rotatable bonds is 2. The predicted molar refractivity (Wildman–Crippen MR) is 36.0 cm³/mol. The van der Waals surface area contributed by atoms with Gasteiger partial charge in [0.15, 0.2) is 0 Å². The van der Waals surface area contributed by atoms with Crippen LogP contribution in [-0.2, 0) is 0 Å². The standard InChI is InChI=1S/C6H10F2S/c1-9-5-2-4(3-5)6(7)8/h4-6H,2-3H2,1H3. The lowest BCUT2D eigenvalue weighted by molar-refractivity contribution is 0.0379. The van der Waals surface area contributed by atoms with Gasteiger partial charge in [0, 0.05) is 11.2 Å². The van der Waals surface area contributed by atoms with E-state index in [4.69, 9.17) is 0 Å². The van der Waals surface area contributed by atoms with Crippen molar-refractivity contribution in [2.45, 2.75) is 24.5 Å². The normalized spacial score (nSPS) is 34.7. The summed E-state index contributed by atoms with van der Waals surface area (Å²) in [6.07, 6.45) is 1.35. The number of hydrogen-bond donors (Lipinski definition) is 0. The topological polar surface area (TPSA) is 0 Å². The van der Waals surface area contributed by atoms with Crippen LogP contribution in [0.4, 0.5) is 8.78 Å². The molecule has 0 aromatic heterocycles. The molecule has 0 heterocycles. The summed E-state index contributed by atoms with van der Waals surface area (Å²) in [4.78, 5) is 0. The van der Waals surface area contributed by atoms with E-state index >= 15 is 0 Å². The van der Waals surface area contributed by atoms with Crippen molar-refractivity contribution in [1.29, 1.82) is 0 Å². The third-order valence-electron chi connectivity index (χ3n) is 1.82. The van der Waals surface area contributed by atoms with Gasteiger partial charge in [0.05, 0.1) is 0 Å². The molecule has 0 unspecified atom stereocenters. The van der Waals surface area contributed by atoms with Crippen LogP contribution in [0.25, 0.3) is 0 Å². The summed E-state index contributed by atoms with van der Waals surface area (Å²) in [5.41, 5.74) is 0. The van der Waals surface area contributed by atoms with Gasteiger partial charge >= 0.3 is 0 Å². The molecule has 0 nitrogen and oxygen atoms in total. The second-order valence-electron chi connectivity index (χ2n) is 2.42. The summed E-state index contributed by atoms with van der Waals surface area (Å²) < 4.78 is 23.6. The Kier molecular flexibility index (Phi) is 2.33. The molecule has 1 rings (SSSR count). The molecule has 0 atom stereocenters. The van der Waals surface area contributed by atoms with Crippen molar-refractivity contribution in [3.8, 4) is 0 Å². The summed E-state index contributed by atoms with van der Waals surface area (Å²) in [6.45, 7) is 0. The molecule has 0 aromatic rings. The SMILES string of the molecule is CSC1CC(C(F)F)C1. The van der Waals surface area contributed by atoms with E-state index in [9.17, 15) is 8.78 Å². The Hall–Kier alpha value is 0.210. The van der Waals surface area contributed by atoms with E-state index in [1.807, 2.05) is 6.26 Å². The zero-order valence-electron chi connectivity index (χ0n) is 5.31. The quantitative estimate of drug-likeness (QED) is 0.585. The Morgan fingerprint density at radius 2 is 2.00 bits per heavy atom. The lowest BCUT2D eigenvalue weighted by Crippen LogP contribution is -2.30. The van der Waals surface area contributed by atoms with Gasteiger partial charge in [-0.3, -0.25) is 0 Å². The monoisotopic (exact) mass is 152 g/mol. The van der Waals surface area contributed by atoms with E-state index in [2.05, 4.69) is 0 Å². The molecule has 0 aromatic carbocycles. The third-order valence-corrected chi connectivity index (χ3v) is 2.87. The van der Waals surface area contributed by atoms with Crippen molar-refractivity contribution in [3.63, 3.8) is 0 Å². The minimum absolute atomic E-state index is 0.289. The molecule has 1 aliphatic carbocycles. The van der Waals surface area contributed by atoms with Crippen molar-refractivity contribution in [2.24, 2.45) is 5.92 Å². The molecule has 0 spiro atoms. The highest BCUT2D eigenvalue weighted by Crippen LogP contribution is 2.38. The van der Waals surface area contributed by atoms with Gasteiger partial charge in [-0.15, -0.1) is 0 Å². The second-order valence-corrected chi connectivity index (χ2v) is 3.56. The Morgan fingerprint density at radius 3 is 2.33 bits per heavy atom. The van der Waals surface area contributed by atoms with Gasteiger partial charge in [-0.2, -0.15) is 11.8 Å². The maximum atomic E-state index is 11.8. The van der Waals surface area contributed by atoms with Crippen LogP contribution in [0.2, 0.25) is 0 Å². The molecule has 1 fully saturated rings. The average Bonchev–Trinajstić information content (AvgIpc) is 1.61. The van der Waals surface area contributed by atoms with Gasteiger partial charge < -0.3 is 0 Å². The summed E-state index contributed by atoms with van der Waals surface area (Å²) in [5.74, 6) is -0.289. The van der Waals surface area contributed by atoms with Crippen molar-refractivity contribution < 1.29 is 8.78 Å². The summed E-state index contributed by atoms with van der Waals surface area (Å²) in [6, 6.07) is 0. The molecule has 54 valence electrons. The van der Waals surface area contributed by atoms with Gasteiger partial charge in [-0.1, -0.05) is 0 Å². The zero-order chi connectivity index (χ0) is 6.85. The lowest BCUT2D eigenvalue weighted by atomic mass is 9.85. The van der Waals surface area contributed by atoms with Crippen LogP contribution in [0, 0.1) is 5.92 Å². The molecule has 1 aliphatic rings. The van der Waals surface area contributed by atoms with Gasteiger partial charge in [-0.25, -0.2) is 8.78 Å². The Balaban J connectivity index is 2.12. The maximum Gasteiger partial charge on any atom is 0.241 e. The van der Waals surface area contributed by atoms with Gasteiger partial charge in [0.1, 0.15) is 0 Å². The summed E-state index contributed by atoms with van der Waals surface area (Å²) in [5, 5.41) is 0.518. The minimum Gasteiger partial charge on any atom is -0.210 e. The highest BCUT2D eigenvalue weighted by atomic mass is 32.2. The fourth-order valence-corrected chi connectivity index (χ4v) is 1.88. The van der Waals surface area contributed by atoms with E-state index < -0.39 is 6.43 Å². The van der Waals surface area contributed by atoms with E-state index in [-0.39, 0.29) is 5.92 Å². The second kappa shape index (κ2) is 2.86. The fourth-order valence-electron chi connectivity index (χ4n) is 1.00. The van der Waals surface area contributed by atoms with Crippen molar-refractivity contribution >= 4 is 11.8 Å². The lowest BCUT2D eigenvalue weighted by Gasteiger charge is -2.33. The van der Waals surface area contributed by atoms with Crippen molar-refractivity contribution in [3.05, 3.63) is 0 Å². The molecular weight excluding hydrogens is 142 g/mol. The summed E-state index contributed by atoms with van der Waals surface area (Å²) in [7, 11) is 0. The van der Waals surface area contributed by atoms with Gasteiger partial charge in [0.2, 0.25) is 6.43 Å². The first kappa shape index (κ1) is 7.32. The Morgan fingerprint density at radius 1 is 1.44 bits per heavy atom. The molecule has 3 heteroatoms. The molecule has 9 heavy (non-hydrogen) atoms. The molecule has 0 aliphatic heterocycles. The van der Waals surface area contributed by atoms with Gasteiger partial charge in [0.25, 0.3) is 0 Å². The van der Waals surface area contributed by atoms with E-state index in [1.54, 1.807) is 11.8 Å². The minimum atomic E-state index is -2.08. The predicted octanol–water partition coefficient (Wildman–Crippen LogP) is 2.39. The van der Waals surface area contributed by atoms with Gasteiger partial charge in [-0.05, 0) is 19.1 Å². The van der Waals surface area contributed by atoms with E-state index in [0.29, 0.717) is 5.25 Å². The third kappa shape index (κ3) is 1.57. The Labute approximate surface area is 58.0 Å². The highest BCUT2D eigenvalue weighted by molar-refractivity contribution is 7.99. The van der Waals surface area contributed by atoms with Crippen molar-refractivity contribution in [2.75, 3.05) is 6.26 Å². The molecule has 0 N–H and O–H groups in total. The molecule has 0 radical (unpaired) electrons. The summed E-state index contributed by atoms with van der Waals surface area (Å²) >= 11 is 1.70. The van der Waals surface area contributed by atoms with Crippen LogP contribution in [0.3, 0.4) is 0 Å². The van der Waals surface area contributed by atoms with E-state index in [0.717, 1.165) is 12.8 Å². The molecule has 0 amide bonds. The number of halogens is 2. The van der Waals surface area contributed by atoms with Crippen LogP contribution in [0.1, 0.15) is 12.8 Å². The van der Waals surface area contributed by atoms with Crippen LogP contribution < -0.4 is 0 Å². The largest absolute Gasteiger partial charge is 0.241 e. The smallest absolute Gasteiger partial charge is 0.210 e. The van der Waals surface area contributed by atoms with Crippen molar-refractivity contribution in [1.82, 2.24) is 0 Å². The van der Waals surface area contributed by atoms with Crippen LogP contribution in [0.15, 0.2) is 0 Å². The van der Waals surface area contributed by atoms with Crippen LogP contribution in [-0.4, -0.2) is 17.9 Å². The first-order valence-corrected chi connectivity index (χ1v) is 4.33. The highest BCUT2D eigenvalue weighted by Gasteiger charge is 2.34. The molecule has 0 saturated heterocycles. The maximum absolute atomic E-state index is 11.8.